The highest BCUT2D eigenvalue weighted by Crippen LogP contribution is 2.14. The van der Waals surface area contributed by atoms with Crippen LogP contribution in [-0.2, 0) is 4.79 Å². The Morgan fingerprint density at radius 3 is 2.14 bits per heavy atom. The van der Waals surface area contributed by atoms with Crippen LogP contribution in [0.15, 0.2) is 0 Å². The van der Waals surface area contributed by atoms with Crippen molar-refractivity contribution in [2.75, 3.05) is 19.6 Å². The molecule has 0 aromatic heterocycles. The van der Waals surface area contributed by atoms with Gasteiger partial charge in [-0.2, -0.15) is 0 Å². The average Bonchev–Trinajstić information content (AvgIpc) is 2.41. The lowest BCUT2D eigenvalue weighted by Gasteiger charge is -2.29. The smallest absolute Gasteiger partial charge is 0.237 e. The van der Waals surface area contributed by atoms with Gasteiger partial charge in [0.2, 0.25) is 5.91 Å². The second-order valence-corrected chi connectivity index (χ2v) is 6.52. The van der Waals surface area contributed by atoms with Crippen molar-refractivity contribution in [1.82, 2.24) is 10.2 Å². The fraction of sp³-hybridized carbons (Fsp3) is 0.941. The summed E-state index contributed by atoms with van der Waals surface area (Å²) in [5.74, 6) is -0.243. The molecule has 0 radical (unpaired) electrons. The third kappa shape index (κ3) is 8.42. The van der Waals surface area contributed by atoms with Gasteiger partial charge in [-0.3, -0.25) is 4.79 Å². The van der Waals surface area contributed by atoms with Gasteiger partial charge in [0, 0.05) is 6.04 Å². The molecule has 4 nitrogen and oxygen atoms in total. The molecule has 0 spiro atoms. The maximum Gasteiger partial charge on any atom is 0.237 e. The highest BCUT2D eigenvalue weighted by atomic mass is 16.1. The van der Waals surface area contributed by atoms with Crippen LogP contribution in [0.25, 0.3) is 0 Å². The van der Waals surface area contributed by atoms with Gasteiger partial charge in [0.1, 0.15) is 0 Å². The topological polar surface area (TPSA) is 58.4 Å². The van der Waals surface area contributed by atoms with Crippen LogP contribution in [0.1, 0.15) is 73.1 Å². The summed E-state index contributed by atoms with van der Waals surface area (Å²) in [4.78, 5) is 14.1. The molecule has 0 bridgehead atoms. The van der Waals surface area contributed by atoms with Gasteiger partial charge in [0.25, 0.3) is 0 Å². The van der Waals surface area contributed by atoms with E-state index in [1.54, 1.807) is 0 Å². The standard InChI is InChI=1S/C17H37N3O/c1-6-8-10-13-20(15(3)4)14-11-9-12-17(5,16(18)21)19-7-2/h15,19H,6-14H2,1-5H3,(H2,18,21). The lowest BCUT2D eigenvalue weighted by Crippen LogP contribution is -2.53. The first-order chi connectivity index (χ1) is 9.87. The molecule has 1 amide bonds. The van der Waals surface area contributed by atoms with E-state index >= 15 is 0 Å². The molecule has 4 heteroatoms. The van der Waals surface area contributed by atoms with E-state index in [2.05, 4.69) is 31.0 Å². The van der Waals surface area contributed by atoms with Crippen LogP contribution in [0.5, 0.6) is 0 Å². The predicted molar refractivity (Wildman–Crippen MR) is 91.4 cm³/mol. The number of primary amides is 1. The largest absolute Gasteiger partial charge is 0.368 e. The van der Waals surface area contributed by atoms with E-state index in [0.29, 0.717) is 6.04 Å². The van der Waals surface area contributed by atoms with Crippen molar-refractivity contribution in [3.8, 4) is 0 Å². The summed E-state index contributed by atoms with van der Waals surface area (Å²) in [6.45, 7) is 13.8. The van der Waals surface area contributed by atoms with Gasteiger partial charge in [-0.05, 0) is 66.1 Å². The number of nitrogens with zero attached hydrogens (tertiary/aromatic N) is 1. The maximum atomic E-state index is 11.6. The summed E-state index contributed by atoms with van der Waals surface area (Å²) in [5, 5.41) is 3.22. The summed E-state index contributed by atoms with van der Waals surface area (Å²) < 4.78 is 0. The summed E-state index contributed by atoms with van der Waals surface area (Å²) in [6.07, 6.45) is 6.83. The average molecular weight is 300 g/mol. The summed E-state index contributed by atoms with van der Waals surface area (Å²) >= 11 is 0. The van der Waals surface area contributed by atoms with Crippen molar-refractivity contribution in [3.63, 3.8) is 0 Å². The maximum absolute atomic E-state index is 11.6. The number of hydrogen-bond donors (Lipinski definition) is 2. The van der Waals surface area contributed by atoms with E-state index in [1.165, 1.54) is 25.8 Å². The van der Waals surface area contributed by atoms with E-state index in [0.717, 1.165) is 32.4 Å². The first-order valence-electron chi connectivity index (χ1n) is 8.66. The highest BCUT2D eigenvalue weighted by Gasteiger charge is 2.28. The number of rotatable bonds is 13. The molecule has 0 heterocycles. The van der Waals surface area contributed by atoms with E-state index in [4.69, 9.17) is 5.73 Å². The molecule has 0 aliphatic carbocycles. The third-order valence-corrected chi connectivity index (χ3v) is 4.26. The minimum Gasteiger partial charge on any atom is -0.368 e. The molecule has 126 valence electrons. The molecule has 0 aliphatic rings. The zero-order valence-electron chi connectivity index (χ0n) is 14.9. The molecule has 0 rings (SSSR count). The van der Waals surface area contributed by atoms with E-state index in [-0.39, 0.29) is 5.91 Å². The van der Waals surface area contributed by atoms with Crippen LogP contribution in [0.3, 0.4) is 0 Å². The van der Waals surface area contributed by atoms with Crippen LogP contribution in [0.4, 0.5) is 0 Å². The van der Waals surface area contributed by atoms with Gasteiger partial charge >= 0.3 is 0 Å². The van der Waals surface area contributed by atoms with Gasteiger partial charge in [-0.15, -0.1) is 0 Å². The Labute approximate surface area is 131 Å². The fourth-order valence-corrected chi connectivity index (χ4v) is 2.68. The lowest BCUT2D eigenvalue weighted by atomic mass is 9.94. The normalized spacial score (nSPS) is 14.6. The van der Waals surface area contributed by atoms with Crippen LogP contribution >= 0.6 is 0 Å². The first-order valence-corrected chi connectivity index (χ1v) is 8.66. The zero-order chi connectivity index (χ0) is 16.3. The Bertz CT molecular complexity index is 281. The van der Waals surface area contributed by atoms with Gasteiger partial charge in [0.15, 0.2) is 0 Å². The Kier molecular flexibility index (Phi) is 10.7. The second-order valence-electron chi connectivity index (χ2n) is 6.52. The van der Waals surface area contributed by atoms with Gasteiger partial charge in [-0.25, -0.2) is 0 Å². The number of hydrogen-bond acceptors (Lipinski definition) is 3. The van der Waals surface area contributed by atoms with Crippen molar-refractivity contribution >= 4 is 5.91 Å². The van der Waals surface area contributed by atoms with Gasteiger partial charge in [-0.1, -0.05) is 26.7 Å². The van der Waals surface area contributed by atoms with Crippen molar-refractivity contribution < 1.29 is 4.79 Å². The molecule has 0 saturated heterocycles. The summed E-state index contributed by atoms with van der Waals surface area (Å²) in [6, 6.07) is 0.596. The number of nitrogens with two attached hydrogens (primary N) is 1. The molecule has 0 aromatic carbocycles. The first kappa shape index (κ1) is 20.4. The number of unbranched alkanes of at least 4 members (excludes halogenated alkanes) is 3. The lowest BCUT2D eigenvalue weighted by molar-refractivity contribution is -0.124. The van der Waals surface area contributed by atoms with E-state index in [1.807, 2.05) is 13.8 Å². The van der Waals surface area contributed by atoms with Crippen LogP contribution < -0.4 is 11.1 Å². The minimum atomic E-state index is -0.556. The predicted octanol–water partition coefficient (Wildman–Crippen LogP) is 2.91. The molecule has 0 saturated carbocycles. The number of carbonyl (C=O) groups is 1. The molecule has 0 aromatic rings. The zero-order valence-corrected chi connectivity index (χ0v) is 14.9. The molecule has 1 unspecified atom stereocenters. The fourth-order valence-electron chi connectivity index (χ4n) is 2.68. The number of nitrogens with one attached hydrogen (secondary N) is 1. The molecule has 0 aliphatic heterocycles. The number of carbonyl (C=O) groups excluding carboxylic acids is 1. The molecule has 1 atom stereocenters. The summed E-state index contributed by atoms with van der Waals surface area (Å²) in [5.41, 5.74) is 4.96. The quantitative estimate of drug-likeness (QED) is 0.514. The minimum absolute atomic E-state index is 0.243. The Balaban J connectivity index is 4.10. The van der Waals surface area contributed by atoms with Gasteiger partial charge in [0.05, 0.1) is 5.54 Å². The van der Waals surface area contributed by atoms with Crippen molar-refractivity contribution in [1.29, 1.82) is 0 Å². The molecule has 3 N–H and O–H groups in total. The highest BCUT2D eigenvalue weighted by molar-refractivity contribution is 5.84. The number of amides is 1. The Morgan fingerprint density at radius 2 is 1.71 bits per heavy atom. The summed E-state index contributed by atoms with van der Waals surface area (Å²) in [7, 11) is 0. The SMILES string of the molecule is CCCCCN(CCCCC(C)(NCC)C(N)=O)C(C)C. The van der Waals surface area contributed by atoms with E-state index in [9.17, 15) is 4.79 Å². The van der Waals surface area contributed by atoms with Crippen molar-refractivity contribution in [2.45, 2.75) is 84.7 Å². The van der Waals surface area contributed by atoms with Crippen molar-refractivity contribution in [3.05, 3.63) is 0 Å². The van der Waals surface area contributed by atoms with E-state index < -0.39 is 5.54 Å². The van der Waals surface area contributed by atoms with Crippen LogP contribution in [0, 0.1) is 0 Å². The molecular weight excluding hydrogens is 262 g/mol. The molecule has 0 fully saturated rings. The van der Waals surface area contributed by atoms with Crippen LogP contribution in [-0.4, -0.2) is 42.0 Å². The second kappa shape index (κ2) is 11.0. The third-order valence-electron chi connectivity index (χ3n) is 4.26. The molecular formula is C17H37N3O. The molecule has 21 heavy (non-hydrogen) atoms. The Morgan fingerprint density at radius 1 is 1.14 bits per heavy atom. The van der Waals surface area contributed by atoms with Crippen molar-refractivity contribution in [2.24, 2.45) is 5.73 Å². The monoisotopic (exact) mass is 299 g/mol. The number of likely N-dealkylation sites (N-methyl/N-ethyl adjacent to an activating group) is 1. The Hall–Kier alpha value is -0.610. The van der Waals surface area contributed by atoms with Gasteiger partial charge < -0.3 is 16.0 Å². The van der Waals surface area contributed by atoms with Crippen LogP contribution in [0.2, 0.25) is 0 Å².